The molecule has 1 aromatic carbocycles. The monoisotopic (exact) mass is 284 g/mol. The van der Waals surface area contributed by atoms with Crippen LogP contribution in [0.2, 0.25) is 0 Å². The van der Waals surface area contributed by atoms with Crippen molar-refractivity contribution in [3.63, 3.8) is 0 Å². The highest BCUT2D eigenvalue weighted by atomic mass is 19.4. The van der Waals surface area contributed by atoms with E-state index in [1.165, 1.54) is 6.20 Å². The standard InChI is InChI=1S/C14H12F4N2/c1-9-4-5-19-8-13(9)20-7-10-2-3-11(15)6-12(10)14(16,17)18/h2-6,8,20H,7H2,1H3. The number of nitrogens with one attached hydrogen (secondary N) is 1. The Morgan fingerprint density at radius 2 is 1.95 bits per heavy atom. The van der Waals surface area contributed by atoms with Gasteiger partial charge in [0.25, 0.3) is 0 Å². The summed E-state index contributed by atoms with van der Waals surface area (Å²) in [5.74, 6) is -0.904. The van der Waals surface area contributed by atoms with Crippen LogP contribution < -0.4 is 5.32 Å². The number of hydrogen-bond acceptors (Lipinski definition) is 2. The lowest BCUT2D eigenvalue weighted by Crippen LogP contribution is -2.12. The van der Waals surface area contributed by atoms with Gasteiger partial charge >= 0.3 is 6.18 Å². The molecule has 2 nitrogen and oxygen atoms in total. The summed E-state index contributed by atoms with van der Waals surface area (Å²) < 4.78 is 51.5. The number of hydrogen-bond donors (Lipinski definition) is 1. The van der Waals surface area contributed by atoms with Crippen molar-refractivity contribution in [3.8, 4) is 0 Å². The van der Waals surface area contributed by atoms with Crippen LogP contribution in [0.5, 0.6) is 0 Å². The number of anilines is 1. The third-order valence-electron chi connectivity index (χ3n) is 2.89. The molecule has 0 radical (unpaired) electrons. The number of aromatic nitrogens is 1. The predicted molar refractivity (Wildman–Crippen MR) is 67.7 cm³/mol. The summed E-state index contributed by atoms with van der Waals surface area (Å²) >= 11 is 0. The Hall–Kier alpha value is -2.11. The fourth-order valence-electron chi connectivity index (χ4n) is 1.81. The molecule has 2 rings (SSSR count). The predicted octanol–water partition coefficient (Wildman–Crippen LogP) is 4.16. The van der Waals surface area contributed by atoms with Gasteiger partial charge in [0.15, 0.2) is 0 Å². The highest BCUT2D eigenvalue weighted by Crippen LogP contribution is 2.33. The van der Waals surface area contributed by atoms with Crippen LogP contribution >= 0.6 is 0 Å². The van der Waals surface area contributed by atoms with Gasteiger partial charge in [0.2, 0.25) is 0 Å². The van der Waals surface area contributed by atoms with Crippen molar-refractivity contribution in [2.45, 2.75) is 19.6 Å². The van der Waals surface area contributed by atoms with Crippen LogP contribution in [0, 0.1) is 12.7 Å². The average Bonchev–Trinajstić information content (AvgIpc) is 2.38. The molecule has 0 saturated heterocycles. The molecule has 1 aromatic heterocycles. The van der Waals surface area contributed by atoms with Crippen molar-refractivity contribution >= 4 is 5.69 Å². The topological polar surface area (TPSA) is 24.9 Å². The van der Waals surface area contributed by atoms with Gasteiger partial charge in [-0.05, 0) is 36.2 Å². The molecular formula is C14H12F4N2. The second-order valence-corrected chi connectivity index (χ2v) is 4.34. The van der Waals surface area contributed by atoms with E-state index in [-0.39, 0.29) is 12.1 Å². The van der Waals surface area contributed by atoms with E-state index >= 15 is 0 Å². The van der Waals surface area contributed by atoms with Crippen LogP contribution in [-0.2, 0) is 12.7 Å². The molecule has 2 aromatic rings. The fourth-order valence-corrected chi connectivity index (χ4v) is 1.81. The van der Waals surface area contributed by atoms with E-state index in [4.69, 9.17) is 0 Å². The van der Waals surface area contributed by atoms with E-state index in [9.17, 15) is 17.6 Å². The number of aryl methyl sites for hydroxylation is 1. The lowest BCUT2D eigenvalue weighted by atomic mass is 10.1. The molecule has 0 amide bonds. The third-order valence-corrected chi connectivity index (χ3v) is 2.89. The van der Waals surface area contributed by atoms with E-state index in [0.717, 1.165) is 17.7 Å². The molecule has 0 aliphatic heterocycles. The molecule has 20 heavy (non-hydrogen) atoms. The normalized spacial score (nSPS) is 11.4. The highest BCUT2D eigenvalue weighted by molar-refractivity contribution is 5.49. The molecule has 0 fully saturated rings. The summed E-state index contributed by atoms with van der Waals surface area (Å²) in [6.45, 7) is 1.76. The molecule has 0 aliphatic carbocycles. The lowest BCUT2D eigenvalue weighted by Gasteiger charge is -2.14. The first-order chi connectivity index (χ1) is 9.38. The molecule has 0 bridgehead atoms. The largest absolute Gasteiger partial charge is 0.416 e. The van der Waals surface area contributed by atoms with Gasteiger partial charge in [-0.25, -0.2) is 4.39 Å². The highest BCUT2D eigenvalue weighted by Gasteiger charge is 2.33. The van der Waals surface area contributed by atoms with Gasteiger partial charge in [-0.2, -0.15) is 13.2 Å². The molecule has 6 heteroatoms. The fraction of sp³-hybridized carbons (Fsp3) is 0.214. The van der Waals surface area contributed by atoms with Crippen LogP contribution in [0.1, 0.15) is 16.7 Å². The van der Waals surface area contributed by atoms with Crippen LogP contribution in [0.3, 0.4) is 0 Å². The van der Waals surface area contributed by atoms with Crippen LogP contribution in [0.4, 0.5) is 23.2 Å². The van der Waals surface area contributed by atoms with Gasteiger partial charge in [0.05, 0.1) is 17.4 Å². The zero-order chi connectivity index (χ0) is 14.8. The Bertz CT molecular complexity index is 608. The van der Waals surface area contributed by atoms with Crippen molar-refractivity contribution in [1.29, 1.82) is 0 Å². The minimum absolute atomic E-state index is 0.0119. The second kappa shape index (κ2) is 5.48. The number of alkyl halides is 3. The molecule has 1 N–H and O–H groups in total. The maximum Gasteiger partial charge on any atom is 0.416 e. The van der Waals surface area contributed by atoms with Crippen LogP contribution in [0.25, 0.3) is 0 Å². The number of benzene rings is 1. The van der Waals surface area contributed by atoms with Gasteiger partial charge in [-0.1, -0.05) is 6.07 Å². The summed E-state index contributed by atoms with van der Waals surface area (Å²) in [4.78, 5) is 3.90. The van der Waals surface area contributed by atoms with Gasteiger partial charge in [-0.15, -0.1) is 0 Å². The molecule has 0 aliphatic rings. The van der Waals surface area contributed by atoms with E-state index in [2.05, 4.69) is 10.3 Å². The maximum absolute atomic E-state index is 13.0. The van der Waals surface area contributed by atoms with Crippen molar-refractivity contribution < 1.29 is 17.6 Å². The summed E-state index contributed by atoms with van der Waals surface area (Å²) in [7, 11) is 0. The number of pyridine rings is 1. The molecule has 1 heterocycles. The first-order valence-electron chi connectivity index (χ1n) is 5.88. The lowest BCUT2D eigenvalue weighted by molar-refractivity contribution is -0.138. The Morgan fingerprint density at radius 1 is 1.20 bits per heavy atom. The van der Waals surface area contributed by atoms with Gasteiger partial charge in [0, 0.05) is 12.7 Å². The summed E-state index contributed by atoms with van der Waals surface area (Å²) in [6.07, 6.45) is -1.45. The Kier molecular flexibility index (Phi) is 3.92. The van der Waals surface area contributed by atoms with Gasteiger partial charge < -0.3 is 5.32 Å². The first-order valence-corrected chi connectivity index (χ1v) is 5.88. The van der Waals surface area contributed by atoms with Crippen LogP contribution in [0.15, 0.2) is 36.7 Å². The van der Waals surface area contributed by atoms with E-state index in [1.54, 1.807) is 12.3 Å². The van der Waals surface area contributed by atoms with Crippen molar-refractivity contribution in [3.05, 3.63) is 59.2 Å². The SMILES string of the molecule is Cc1ccncc1NCc1ccc(F)cc1C(F)(F)F. The smallest absolute Gasteiger partial charge is 0.379 e. The van der Waals surface area contributed by atoms with E-state index in [1.807, 2.05) is 6.92 Å². The third kappa shape index (κ3) is 3.26. The molecule has 0 atom stereocenters. The quantitative estimate of drug-likeness (QED) is 0.856. The van der Waals surface area contributed by atoms with Gasteiger partial charge in [0.1, 0.15) is 5.82 Å². The Balaban J connectivity index is 2.24. The molecule has 0 spiro atoms. The molecule has 0 unspecified atom stereocenters. The Morgan fingerprint density at radius 3 is 2.60 bits per heavy atom. The Labute approximate surface area is 113 Å². The van der Waals surface area contributed by atoms with Crippen LogP contribution in [-0.4, -0.2) is 4.98 Å². The summed E-state index contributed by atoms with van der Waals surface area (Å²) in [5, 5.41) is 2.88. The zero-order valence-electron chi connectivity index (χ0n) is 10.6. The summed E-state index contributed by atoms with van der Waals surface area (Å²) in [5.41, 5.74) is 0.536. The number of nitrogens with zero attached hydrogens (tertiary/aromatic N) is 1. The van der Waals surface area contributed by atoms with E-state index < -0.39 is 17.6 Å². The second-order valence-electron chi connectivity index (χ2n) is 4.34. The minimum Gasteiger partial charge on any atom is -0.379 e. The minimum atomic E-state index is -4.58. The van der Waals surface area contributed by atoms with Gasteiger partial charge in [-0.3, -0.25) is 4.98 Å². The molecule has 106 valence electrons. The van der Waals surface area contributed by atoms with Crippen molar-refractivity contribution in [2.75, 3.05) is 5.32 Å². The number of rotatable bonds is 3. The zero-order valence-corrected chi connectivity index (χ0v) is 10.6. The molecular weight excluding hydrogens is 272 g/mol. The number of halogens is 4. The van der Waals surface area contributed by atoms with Crippen molar-refractivity contribution in [2.24, 2.45) is 0 Å². The maximum atomic E-state index is 13.0. The first kappa shape index (κ1) is 14.3. The van der Waals surface area contributed by atoms with E-state index in [0.29, 0.717) is 11.8 Å². The average molecular weight is 284 g/mol. The molecule has 0 saturated carbocycles. The van der Waals surface area contributed by atoms with Crippen molar-refractivity contribution in [1.82, 2.24) is 4.98 Å². The summed E-state index contributed by atoms with van der Waals surface area (Å²) in [6, 6.07) is 4.41.